The highest BCUT2D eigenvalue weighted by Crippen LogP contribution is 1.88. The molecule has 5 nitrogen and oxygen atoms in total. The Morgan fingerprint density at radius 2 is 2.07 bits per heavy atom. The first-order chi connectivity index (χ1) is 7.16. The number of carbonyl (C=O) groups is 1. The molecule has 5 heteroatoms. The molecule has 0 aromatic carbocycles. The fourth-order valence-electron chi connectivity index (χ4n) is 1.16. The summed E-state index contributed by atoms with van der Waals surface area (Å²) in [4.78, 5) is 13.0. The first-order valence-electron chi connectivity index (χ1n) is 5.22. The molecular weight excluding hydrogens is 194 g/mol. The molecule has 0 unspecified atom stereocenters. The van der Waals surface area contributed by atoms with E-state index in [0.29, 0.717) is 6.42 Å². The summed E-state index contributed by atoms with van der Waals surface area (Å²) in [6.45, 7) is 2.88. The monoisotopic (exact) mass is 215 g/mol. The van der Waals surface area contributed by atoms with Gasteiger partial charge < -0.3 is 15.4 Å². The number of hydrogen-bond acceptors (Lipinski definition) is 5. The minimum atomic E-state index is -0.132. The third-order valence-electron chi connectivity index (χ3n) is 1.94. The van der Waals surface area contributed by atoms with Gasteiger partial charge in [0.2, 0.25) is 0 Å². The van der Waals surface area contributed by atoms with Gasteiger partial charge in [-0.1, -0.05) is 5.16 Å². The molecule has 0 atom stereocenters. The summed E-state index contributed by atoms with van der Waals surface area (Å²) >= 11 is 0. The molecule has 88 valence electrons. The minimum absolute atomic E-state index is 0.132. The summed E-state index contributed by atoms with van der Waals surface area (Å²) in [5.74, 6) is -0.132. The molecular formula is C10H21N3O2. The smallest absolute Gasteiger partial charge is 0.177 e. The van der Waals surface area contributed by atoms with Crippen LogP contribution >= 0.6 is 0 Å². The van der Waals surface area contributed by atoms with Gasteiger partial charge in [0.15, 0.2) is 5.78 Å². The Morgan fingerprint density at radius 3 is 2.67 bits per heavy atom. The summed E-state index contributed by atoms with van der Waals surface area (Å²) in [6, 6.07) is 0. The molecule has 0 aliphatic carbocycles. The number of nitrogens with one attached hydrogen (secondary N) is 1. The molecule has 0 saturated heterocycles. The van der Waals surface area contributed by atoms with E-state index in [0.717, 1.165) is 38.7 Å². The first-order valence-corrected chi connectivity index (χ1v) is 5.22. The molecule has 0 aliphatic heterocycles. The second-order valence-electron chi connectivity index (χ2n) is 3.72. The van der Waals surface area contributed by atoms with Crippen LogP contribution in [-0.2, 0) is 4.79 Å². The standard InChI is InChI=1S/C10H21N3O2/c1-13(2)8-4-7-11-6-3-5-10(14)9-12-15/h9,11,15H,3-8H2,1-2H3/b12-9+. The Hall–Kier alpha value is -0.940. The van der Waals surface area contributed by atoms with E-state index in [1.165, 1.54) is 0 Å². The van der Waals surface area contributed by atoms with Crippen molar-refractivity contribution in [3.63, 3.8) is 0 Å². The highest BCUT2D eigenvalue weighted by molar-refractivity contribution is 6.27. The van der Waals surface area contributed by atoms with Crippen LogP contribution in [0.2, 0.25) is 0 Å². The zero-order valence-corrected chi connectivity index (χ0v) is 9.57. The summed E-state index contributed by atoms with van der Waals surface area (Å²) in [5, 5.41) is 14.0. The van der Waals surface area contributed by atoms with Crippen molar-refractivity contribution in [3.8, 4) is 0 Å². The van der Waals surface area contributed by atoms with Crippen molar-refractivity contribution >= 4 is 12.0 Å². The number of hydrogen-bond donors (Lipinski definition) is 2. The minimum Gasteiger partial charge on any atom is -0.411 e. The van der Waals surface area contributed by atoms with Gasteiger partial charge in [-0.25, -0.2) is 0 Å². The SMILES string of the molecule is CN(C)CCCNCCCC(=O)/C=N/O. The van der Waals surface area contributed by atoms with Gasteiger partial charge >= 0.3 is 0 Å². The van der Waals surface area contributed by atoms with E-state index < -0.39 is 0 Å². The van der Waals surface area contributed by atoms with E-state index in [1.807, 2.05) is 14.1 Å². The highest BCUT2D eigenvalue weighted by atomic mass is 16.4. The van der Waals surface area contributed by atoms with Crippen LogP contribution in [0.25, 0.3) is 0 Å². The van der Waals surface area contributed by atoms with Crippen molar-refractivity contribution in [2.75, 3.05) is 33.7 Å². The largest absolute Gasteiger partial charge is 0.411 e. The van der Waals surface area contributed by atoms with Crippen LogP contribution in [0.3, 0.4) is 0 Å². The van der Waals surface area contributed by atoms with Gasteiger partial charge in [-0.3, -0.25) is 4.79 Å². The van der Waals surface area contributed by atoms with Crippen LogP contribution in [0.15, 0.2) is 5.16 Å². The van der Waals surface area contributed by atoms with E-state index >= 15 is 0 Å². The molecule has 0 rings (SSSR count). The maximum Gasteiger partial charge on any atom is 0.177 e. The quantitative estimate of drug-likeness (QED) is 0.252. The maximum atomic E-state index is 10.9. The predicted octanol–water partition coefficient (Wildman–Crippen LogP) is 0.337. The van der Waals surface area contributed by atoms with Gasteiger partial charge in [0.05, 0.1) is 0 Å². The van der Waals surface area contributed by atoms with Crippen LogP contribution in [0.4, 0.5) is 0 Å². The topological polar surface area (TPSA) is 64.9 Å². The average Bonchev–Trinajstić information content (AvgIpc) is 2.16. The van der Waals surface area contributed by atoms with Crippen molar-refractivity contribution in [3.05, 3.63) is 0 Å². The van der Waals surface area contributed by atoms with E-state index in [1.54, 1.807) is 0 Å². The van der Waals surface area contributed by atoms with Gasteiger partial charge in [0.1, 0.15) is 6.21 Å². The number of carbonyl (C=O) groups excluding carboxylic acids is 1. The molecule has 0 fully saturated rings. The van der Waals surface area contributed by atoms with Crippen LogP contribution in [0.1, 0.15) is 19.3 Å². The van der Waals surface area contributed by atoms with E-state index in [-0.39, 0.29) is 5.78 Å². The molecule has 0 aromatic heterocycles. The van der Waals surface area contributed by atoms with Gasteiger partial charge in [0.25, 0.3) is 0 Å². The van der Waals surface area contributed by atoms with E-state index in [9.17, 15) is 4.79 Å². The number of rotatable bonds is 9. The zero-order valence-electron chi connectivity index (χ0n) is 9.57. The summed E-state index contributed by atoms with van der Waals surface area (Å²) in [5.41, 5.74) is 0. The van der Waals surface area contributed by atoms with Crippen molar-refractivity contribution < 1.29 is 10.0 Å². The van der Waals surface area contributed by atoms with Crippen LogP contribution in [0.5, 0.6) is 0 Å². The van der Waals surface area contributed by atoms with Crippen molar-refractivity contribution in [2.24, 2.45) is 5.16 Å². The molecule has 0 bridgehead atoms. The predicted molar refractivity (Wildman–Crippen MR) is 60.6 cm³/mol. The average molecular weight is 215 g/mol. The van der Waals surface area contributed by atoms with Gasteiger partial charge in [-0.2, -0.15) is 0 Å². The molecule has 0 aromatic rings. The molecule has 0 spiro atoms. The van der Waals surface area contributed by atoms with E-state index in [4.69, 9.17) is 5.21 Å². The highest BCUT2D eigenvalue weighted by Gasteiger charge is 1.97. The van der Waals surface area contributed by atoms with Crippen LogP contribution in [-0.4, -0.2) is 55.8 Å². The second kappa shape index (κ2) is 9.61. The molecule has 0 saturated carbocycles. The molecule has 0 radical (unpaired) electrons. The Bertz CT molecular complexity index is 193. The number of Topliss-reactive ketones (excluding diaryl/α,β-unsaturated/α-hetero) is 1. The number of nitrogens with zero attached hydrogens (tertiary/aromatic N) is 2. The zero-order chi connectivity index (χ0) is 11.5. The van der Waals surface area contributed by atoms with Gasteiger partial charge in [0, 0.05) is 6.42 Å². The third-order valence-corrected chi connectivity index (χ3v) is 1.94. The first kappa shape index (κ1) is 14.1. The lowest BCUT2D eigenvalue weighted by molar-refractivity contribution is -0.112. The molecule has 15 heavy (non-hydrogen) atoms. The Labute approximate surface area is 91.1 Å². The molecule has 0 heterocycles. The number of ketones is 1. The lowest BCUT2D eigenvalue weighted by Crippen LogP contribution is -2.22. The summed E-state index contributed by atoms with van der Waals surface area (Å²) in [6.07, 6.45) is 3.28. The van der Waals surface area contributed by atoms with Crippen LogP contribution in [0, 0.1) is 0 Å². The van der Waals surface area contributed by atoms with Crippen molar-refractivity contribution in [1.29, 1.82) is 0 Å². The number of oxime groups is 1. The van der Waals surface area contributed by atoms with Gasteiger partial charge in [-0.15, -0.1) is 0 Å². The van der Waals surface area contributed by atoms with Gasteiger partial charge in [-0.05, 0) is 46.6 Å². The lowest BCUT2D eigenvalue weighted by Gasteiger charge is -2.09. The molecule has 0 aliphatic rings. The van der Waals surface area contributed by atoms with Crippen molar-refractivity contribution in [2.45, 2.75) is 19.3 Å². The molecule has 2 N–H and O–H groups in total. The van der Waals surface area contributed by atoms with Crippen LogP contribution < -0.4 is 5.32 Å². The van der Waals surface area contributed by atoms with Crippen molar-refractivity contribution in [1.82, 2.24) is 10.2 Å². The fourth-order valence-corrected chi connectivity index (χ4v) is 1.16. The Kier molecular flexibility index (Phi) is 9.01. The summed E-state index contributed by atoms with van der Waals surface area (Å²) in [7, 11) is 4.10. The summed E-state index contributed by atoms with van der Waals surface area (Å²) < 4.78 is 0. The Morgan fingerprint density at radius 1 is 1.40 bits per heavy atom. The third kappa shape index (κ3) is 11.0. The van der Waals surface area contributed by atoms with E-state index in [2.05, 4.69) is 15.4 Å². The Balaban J connectivity index is 3.15. The fraction of sp³-hybridized carbons (Fsp3) is 0.800. The maximum absolute atomic E-state index is 10.9. The lowest BCUT2D eigenvalue weighted by atomic mass is 10.2. The normalized spacial score (nSPS) is 11.4. The second-order valence-corrected chi connectivity index (χ2v) is 3.72. The molecule has 0 amide bonds.